The first-order valence-corrected chi connectivity index (χ1v) is 5.65. The lowest BCUT2D eigenvalue weighted by Gasteiger charge is -2.11. The summed E-state index contributed by atoms with van der Waals surface area (Å²) < 4.78 is 10.7. The maximum atomic E-state index is 9.62. The zero-order chi connectivity index (χ0) is 13.0. The van der Waals surface area contributed by atoms with Crippen LogP contribution >= 0.6 is 0 Å². The number of aliphatic hydroxyl groups is 1. The summed E-state index contributed by atoms with van der Waals surface area (Å²) in [6.07, 6.45) is 1.01. The quantitative estimate of drug-likeness (QED) is 0.899. The number of hydrogen-bond acceptors (Lipinski definition) is 4. The minimum atomic E-state index is -0.619. The normalized spacial score (nSPS) is 11.9. The van der Waals surface area contributed by atoms with Crippen LogP contribution < -0.4 is 9.47 Å². The summed E-state index contributed by atoms with van der Waals surface area (Å²) in [7, 11) is 1.61. The summed E-state index contributed by atoms with van der Waals surface area (Å²) in [6, 6.07) is 10.7. The van der Waals surface area contributed by atoms with E-state index in [1.165, 1.54) is 0 Å². The van der Waals surface area contributed by atoms with Gasteiger partial charge in [-0.1, -0.05) is 0 Å². The largest absolute Gasteiger partial charge is 0.497 e. The van der Waals surface area contributed by atoms with Crippen LogP contribution in [0.3, 0.4) is 0 Å². The van der Waals surface area contributed by atoms with Crippen LogP contribution in [0.1, 0.15) is 18.6 Å². The Morgan fingerprint density at radius 3 is 2.39 bits per heavy atom. The van der Waals surface area contributed by atoms with Crippen molar-refractivity contribution in [3.63, 3.8) is 0 Å². The predicted molar refractivity (Wildman–Crippen MR) is 67.9 cm³/mol. The van der Waals surface area contributed by atoms with Crippen molar-refractivity contribution in [2.75, 3.05) is 7.11 Å². The second-order valence-corrected chi connectivity index (χ2v) is 3.85. The van der Waals surface area contributed by atoms with Gasteiger partial charge in [0.15, 0.2) is 0 Å². The Morgan fingerprint density at radius 1 is 1.11 bits per heavy atom. The number of ether oxygens (including phenoxy) is 2. The fourth-order valence-electron chi connectivity index (χ4n) is 1.56. The molecule has 0 saturated heterocycles. The molecule has 0 radical (unpaired) electrons. The standard InChI is InChI=1S/C14H15NO3/c1-10(16)13-4-3-9-15-14(13)18-12-7-5-11(17-2)6-8-12/h3-10,16H,1-2H3. The van der Waals surface area contributed by atoms with Gasteiger partial charge in [-0.25, -0.2) is 4.98 Å². The molecule has 0 aliphatic rings. The molecule has 94 valence electrons. The van der Waals surface area contributed by atoms with Crippen molar-refractivity contribution in [3.8, 4) is 17.4 Å². The van der Waals surface area contributed by atoms with Crippen LogP contribution in [0.25, 0.3) is 0 Å². The highest BCUT2D eigenvalue weighted by atomic mass is 16.5. The second-order valence-electron chi connectivity index (χ2n) is 3.85. The molecule has 0 spiro atoms. The first kappa shape index (κ1) is 12.4. The molecular weight excluding hydrogens is 230 g/mol. The van der Waals surface area contributed by atoms with E-state index in [1.54, 1.807) is 56.6 Å². The van der Waals surface area contributed by atoms with Crippen LogP contribution in [0, 0.1) is 0 Å². The Balaban J connectivity index is 2.22. The fraction of sp³-hybridized carbons (Fsp3) is 0.214. The molecule has 1 aromatic heterocycles. The lowest BCUT2D eigenvalue weighted by molar-refractivity contribution is 0.194. The Morgan fingerprint density at radius 2 is 1.78 bits per heavy atom. The molecular formula is C14H15NO3. The molecule has 18 heavy (non-hydrogen) atoms. The lowest BCUT2D eigenvalue weighted by Crippen LogP contribution is -1.98. The molecule has 1 aromatic carbocycles. The first-order valence-electron chi connectivity index (χ1n) is 5.65. The van der Waals surface area contributed by atoms with Crippen molar-refractivity contribution in [2.24, 2.45) is 0 Å². The van der Waals surface area contributed by atoms with Gasteiger partial charge >= 0.3 is 0 Å². The molecule has 0 amide bonds. The van der Waals surface area contributed by atoms with E-state index in [-0.39, 0.29) is 0 Å². The molecule has 1 heterocycles. The number of benzene rings is 1. The fourth-order valence-corrected chi connectivity index (χ4v) is 1.56. The molecule has 1 atom stereocenters. The maximum Gasteiger partial charge on any atom is 0.225 e. The van der Waals surface area contributed by atoms with Crippen LogP contribution in [0.2, 0.25) is 0 Å². The molecule has 1 unspecified atom stereocenters. The van der Waals surface area contributed by atoms with Gasteiger partial charge < -0.3 is 14.6 Å². The minimum Gasteiger partial charge on any atom is -0.497 e. The Kier molecular flexibility index (Phi) is 3.79. The number of methoxy groups -OCH3 is 1. The van der Waals surface area contributed by atoms with Gasteiger partial charge in [0, 0.05) is 11.8 Å². The van der Waals surface area contributed by atoms with Gasteiger partial charge in [-0.15, -0.1) is 0 Å². The van der Waals surface area contributed by atoms with Crippen LogP contribution in [0.4, 0.5) is 0 Å². The number of aromatic nitrogens is 1. The molecule has 0 saturated carbocycles. The number of nitrogens with zero attached hydrogens (tertiary/aromatic N) is 1. The minimum absolute atomic E-state index is 0.415. The van der Waals surface area contributed by atoms with Crippen LogP contribution in [0.5, 0.6) is 17.4 Å². The third-order valence-electron chi connectivity index (χ3n) is 2.52. The zero-order valence-corrected chi connectivity index (χ0v) is 10.3. The highest BCUT2D eigenvalue weighted by Gasteiger charge is 2.10. The predicted octanol–water partition coefficient (Wildman–Crippen LogP) is 2.94. The monoisotopic (exact) mass is 245 g/mol. The molecule has 2 aromatic rings. The van der Waals surface area contributed by atoms with Crippen molar-refractivity contribution in [1.29, 1.82) is 0 Å². The van der Waals surface area contributed by atoms with Crippen LogP contribution in [-0.4, -0.2) is 17.2 Å². The van der Waals surface area contributed by atoms with Gasteiger partial charge in [-0.2, -0.15) is 0 Å². The van der Waals surface area contributed by atoms with E-state index in [4.69, 9.17) is 9.47 Å². The topological polar surface area (TPSA) is 51.6 Å². The first-order chi connectivity index (χ1) is 8.70. The summed E-state index contributed by atoms with van der Waals surface area (Å²) in [5, 5.41) is 9.62. The van der Waals surface area contributed by atoms with Crippen molar-refractivity contribution < 1.29 is 14.6 Å². The van der Waals surface area contributed by atoms with E-state index in [9.17, 15) is 5.11 Å². The summed E-state index contributed by atoms with van der Waals surface area (Å²) >= 11 is 0. The van der Waals surface area contributed by atoms with Gasteiger partial charge in [0.25, 0.3) is 0 Å². The smallest absolute Gasteiger partial charge is 0.225 e. The summed E-state index contributed by atoms with van der Waals surface area (Å²) in [6.45, 7) is 1.68. The molecule has 0 aliphatic heterocycles. The molecule has 4 nitrogen and oxygen atoms in total. The average Bonchev–Trinajstić information content (AvgIpc) is 2.40. The lowest BCUT2D eigenvalue weighted by atomic mass is 10.2. The van der Waals surface area contributed by atoms with Crippen molar-refractivity contribution in [3.05, 3.63) is 48.2 Å². The molecule has 0 bridgehead atoms. The molecule has 4 heteroatoms. The van der Waals surface area contributed by atoms with Crippen molar-refractivity contribution in [1.82, 2.24) is 4.98 Å². The third-order valence-corrected chi connectivity index (χ3v) is 2.52. The van der Waals surface area contributed by atoms with E-state index in [2.05, 4.69) is 4.98 Å². The molecule has 1 N–H and O–H groups in total. The highest BCUT2D eigenvalue weighted by Crippen LogP contribution is 2.28. The van der Waals surface area contributed by atoms with Gasteiger partial charge in [0.1, 0.15) is 11.5 Å². The van der Waals surface area contributed by atoms with E-state index >= 15 is 0 Å². The number of hydrogen-bond donors (Lipinski definition) is 1. The zero-order valence-electron chi connectivity index (χ0n) is 10.3. The van der Waals surface area contributed by atoms with E-state index in [1.807, 2.05) is 0 Å². The van der Waals surface area contributed by atoms with Gasteiger partial charge in [-0.05, 0) is 43.3 Å². The Labute approximate surface area is 106 Å². The van der Waals surface area contributed by atoms with Gasteiger partial charge in [0.2, 0.25) is 5.88 Å². The van der Waals surface area contributed by atoms with Crippen LogP contribution in [-0.2, 0) is 0 Å². The van der Waals surface area contributed by atoms with Crippen LogP contribution in [0.15, 0.2) is 42.6 Å². The Hall–Kier alpha value is -2.07. The summed E-state index contributed by atoms with van der Waals surface area (Å²) in [4.78, 5) is 4.12. The van der Waals surface area contributed by atoms with Crippen molar-refractivity contribution in [2.45, 2.75) is 13.0 Å². The average molecular weight is 245 g/mol. The van der Waals surface area contributed by atoms with Crippen molar-refractivity contribution >= 4 is 0 Å². The van der Waals surface area contributed by atoms with Gasteiger partial charge in [0.05, 0.1) is 13.2 Å². The summed E-state index contributed by atoms with van der Waals surface area (Å²) in [5.41, 5.74) is 0.660. The number of rotatable bonds is 4. The molecule has 0 fully saturated rings. The van der Waals surface area contributed by atoms with E-state index in [0.717, 1.165) is 5.75 Å². The third kappa shape index (κ3) is 2.78. The SMILES string of the molecule is COc1ccc(Oc2ncccc2C(C)O)cc1. The molecule has 2 rings (SSSR count). The second kappa shape index (κ2) is 5.51. The maximum absolute atomic E-state index is 9.62. The van der Waals surface area contributed by atoms with E-state index < -0.39 is 6.10 Å². The molecule has 0 aliphatic carbocycles. The highest BCUT2D eigenvalue weighted by molar-refractivity contribution is 5.36. The van der Waals surface area contributed by atoms with Gasteiger partial charge in [-0.3, -0.25) is 0 Å². The van der Waals surface area contributed by atoms with E-state index in [0.29, 0.717) is 17.2 Å². The number of aliphatic hydroxyl groups excluding tert-OH is 1. The summed E-state index contributed by atoms with van der Waals surface area (Å²) in [5.74, 6) is 1.83. The number of pyridine rings is 1. The Bertz CT molecular complexity index is 509.